The number of ether oxygens (including phenoxy) is 4. The number of fused-ring (bicyclic) bond motifs is 1. The fourth-order valence-electron chi connectivity index (χ4n) is 3.24. The fraction of sp³-hybridized carbons (Fsp3) is 0.333. The first-order valence-electron chi connectivity index (χ1n) is 8.94. The summed E-state index contributed by atoms with van der Waals surface area (Å²) in [6.45, 7) is -0.409. The van der Waals surface area contributed by atoms with E-state index in [0.29, 0.717) is 17.2 Å². The molecule has 0 fully saturated rings. The molecule has 28 heavy (non-hydrogen) atoms. The van der Waals surface area contributed by atoms with Gasteiger partial charge in [0.05, 0.1) is 21.3 Å². The van der Waals surface area contributed by atoms with E-state index in [-0.39, 0.29) is 11.3 Å². The first-order valence-corrected chi connectivity index (χ1v) is 8.94. The minimum Gasteiger partial charge on any atom is -0.496 e. The summed E-state index contributed by atoms with van der Waals surface area (Å²) in [5.41, 5.74) is 3.42. The molecule has 7 nitrogen and oxygen atoms in total. The molecule has 0 radical (unpaired) electrons. The molecule has 1 amide bonds. The second kappa shape index (κ2) is 8.65. The van der Waals surface area contributed by atoms with E-state index < -0.39 is 18.5 Å². The molecule has 1 aliphatic rings. The number of amides is 1. The zero-order valence-electron chi connectivity index (χ0n) is 16.2. The highest BCUT2D eigenvalue weighted by molar-refractivity contribution is 5.97. The Balaban J connectivity index is 1.64. The van der Waals surface area contributed by atoms with Crippen LogP contribution < -0.4 is 19.5 Å². The fourth-order valence-corrected chi connectivity index (χ4v) is 3.24. The minimum atomic E-state index is -0.693. The summed E-state index contributed by atoms with van der Waals surface area (Å²) in [4.78, 5) is 24.6. The maximum Gasteiger partial charge on any atom is 0.342 e. The zero-order valence-corrected chi connectivity index (χ0v) is 16.2. The highest BCUT2D eigenvalue weighted by Crippen LogP contribution is 2.35. The van der Waals surface area contributed by atoms with Crippen molar-refractivity contribution in [3.8, 4) is 17.2 Å². The lowest BCUT2D eigenvalue weighted by Gasteiger charge is -2.13. The maximum absolute atomic E-state index is 12.4. The van der Waals surface area contributed by atoms with Crippen molar-refractivity contribution < 1.29 is 28.5 Å². The Labute approximate surface area is 163 Å². The van der Waals surface area contributed by atoms with Crippen LogP contribution in [-0.2, 0) is 22.4 Å². The van der Waals surface area contributed by atoms with Crippen molar-refractivity contribution in [3.05, 3.63) is 47.0 Å². The van der Waals surface area contributed by atoms with Crippen molar-refractivity contribution in [3.63, 3.8) is 0 Å². The van der Waals surface area contributed by atoms with Gasteiger partial charge >= 0.3 is 5.97 Å². The number of aryl methyl sites for hydroxylation is 2. The second-order valence-corrected chi connectivity index (χ2v) is 6.37. The number of hydrogen-bond donors (Lipinski definition) is 1. The van der Waals surface area contributed by atoms with Gasteiger partial charge < -0.3 is 24.3 Å². The van der Waals surface area contributed by atoms with Gasteiger partial charge in [-0.25, -0.2) is 4.79 Å². The van der Waals surface area contributed by atoms with Gasteiger partial charge in [-0.1, -0.05) is 6.07 Å². The number of hydrogen-bond acceptors (Lipinski definition) is 6. The molecule has 0 unspecified atom stereocenters. The topological polar surface area (TPSA) is 83.1 Å². The van der Waals surface area contributed by atoms with Gasteiger partial charge in [-0.05, 0) is 42.5 Å². The molecule has 1 N–H and O–H groups in total. The summed E-state index contributed by atoms with van der Waals surface area (Å²) in [6.07, 6.45) is 3.24. The van der Waals surface area contributed by atoms with E-state index in [1.807, 2.05) is 18.2 Å². The average Bonchev–Trinajstić information content (AvgIpc) is 3.18. The Morgan fingerprint density at radius 1 is 0.893 bits per heavy atom. The van der Waals surface area contributed by atoms with Crippen molar-refractivity contribution in [2.45, 2.75) is 19.3 Å². The van der Waals surface area contributed by atoms with Crippen LogP contribution in [0.3, 0.4) is 0 Å². The summed E-state index contributed by atoms with van der Waals surface area (Å²) < 4.78 is 20.7. The van der Waals surface area contributed by atoms with Crippen LogP contribution in [0.15, 0.2) is 30.3 Å². The van der Waals surface area contributed by atoms with Crippen LogP contribution in [0, 0.1) is 0 Å². The molecule has 0 atom stereocenters. The number of benzene rings is 2. The first kappa shape index (κ1) is 19.5. The van der Waals surface area contributed by atoms with Gasteiger partial charge in [0.2, 0.25) is 0 Å². The normalized spacial score (nSPS) is 12.1. The summed E-state index contributed by atoms with van der Waals surface area (Å²) in [6, 6.07) is 8.84. The lowest BCUT2D eigenvalue weighted by Crippen LogP contribution is -2.21. The van der Waals surface area contributed by atoms with Gasteiger partial charge in [0, 0.05) is 17.8 Å². The van der Waals surface area contributed by atoms with Crippen molar-refractivity contribution in [2.75, 3.05) is 33.3 Å². The van der Waals surface area contributed by atoms with Crippen LogP contribution >= 0.6 is 0 Å². The first-order chi connectivity index (χ1) is 13.5. The number of rotatable bonds is 7. The Morgan fingerprint density at radius 3 is 2.29 bits per heavy atom. The predicted octanol–water partition coefficient (Wildman–Crippen LogP) is 3.00. The molecule has 0 aromatic heterocycles. The Kier molecular flexibility index (Phi) is 6.03. The van der Waals surface area contributed by atoms with Crippen molar-refractivity contribution in [1.82, 2.24) is 0 Å². The molecule has 148 valence electrons. The maximum atomic E-state index is 12.4. The molecule has 0 bridgehead atoms. The van der Waals surface area contributed by atoms with E-state index >= 15 is 0 Å². The van der Waals surface area contributed by atoms with Crippen molar-refractivity contribution in [2.24, 2.45) is 0 Å². The number of methoxy groups -OCH3 is 3. The van der Waals surface area contributed by atoms with Crippen LogP contribution in [0.4, 0.5) is 5.69 Å². The molecule has 7 heteroatoms. The summed E-state index contributed by atoms with van der Waals surface area (Å²) in [5, 5.41) is 2.76. The summed E-state index contributed by atoms with van der Waals surface area (Å²) in [7, 11) is 4.38. The van der Waals surface area contributed by atoms with Crippen molar-refractivity contribution in [1.29, 1.82) is 0 Å². The van der Waals surface area contributed by atoms with Crippen molar-refractivity contribution >= 4 is 17.6 Å². The van der Waals surface area contributed by atoms with E-state index in [0.717, 1.165) is 19.3 Å². The van der Waals surface area contributed by atoms with E-state index in [1.165, 1.54) is 44.6 Å². The number of nitrogens with one attached hydrogen (secondary N) is 1. The molecule has 2 aromatic carbocycles. The van der Waals surface area contributed by atoms with Crippen LogP contribution in [0.5, 0.6) is 17.2 Å². The van der Waals surface area contributed by atoms with E-state index in [1.54, 1.807) is 0 Å². The van der Waals surface area contributed by atoms with Gasteiger partial charge in [-0.2, -0.15) is 0 Å². The third kappa shape index (κ3) is 4.19. The third-order valence-corrected chi connectivity index (χ3v) is 4.64. The molecule has 1 aliphatic carbocycles. The van der Waals surface area contributed by atoms with E-state index in [9.17, 15) is 9.59 Å². The number of esters is 1. The van der Waals surface area contributed by atoms with Gasteiger partial charge in [-0.3, -0.25) is 4.79 Å². The molecule has 0 aliphatic heterocycles. The quantitative estimate of drug-likeness (QED) is 0.738. The summed E-state index contributed by atoms with van der Waals surface area (Å²) >= 11 is 0. The SMILES string of the molecule is COc1cc(OC)c(C(=O)OCC(=O)Nc2ccc3c(c2)CCC3)cc1OC. The smallest absolute Gasteiger partial charge is 0.342 e. The largest absolute Gasteiger partial charge is 0.496 e. The molecule has 2 aromatic rings. The lowest BCUT2D eigenvalue weighted by atomic mass is 10.1. The van der Waals surface area contributed by atoms with Crippen LogP contribution in [0.25, 0.3) is 0 Å². The Bertz CT molecular complexity index is 893. The molecule has 3 rings (SSSR count). The molecule has 0 saturated carbocycles. The van der Waals surface area contributed by atoms with E-state index in [4.69, 9.17) is 18.9 Å². The predicted molar refractivity (Wildman–Crippen MR) is 103 cm³/mol. The molecule has 0 spiro atoms. The van der Waals surface area contributed by atoms with Crippen LogP contribution in [0.2, 0.25) is 0 Å². The van der Waals surface area contributed by atoms with Crippen LogP contribution in [-0.4, -0.2) is 39.8 Å². The van der Waals surface area contributed by atoms with Crippen LogP contribution in [0.1, 0.15) is 27.9 Å². The molecular formula is C21H23NO6. The lowest BCUT2D eigenvalue weighted by molar-refractivity contribution is -0.119. The standard InChI is InChI=1S/C21H23NO6/c1-25-17-11-19(27-3)18(26-2)10-16(17)21(24)28-12-20(23)22-15-8-7-13-5-4-6-14(13)9-15/h7-11H,4-6,12H2,1-3H3,(H,22,23). The molecular weight excluding hydrogens is 362 g/mol. The average molecular weight is 385 g/mol. The van der Waals surface area contributed by atoms with Gasteiger partial charge in [-0.15, -0.1) is 0 Å². The number of anilines is 1. The zero-order chi connectivity index (χ0) is 20.1. The summed E-state index contributed by atoms with van der Waals surface area (Å²) in [5.74, 6) is -0.0579. The minimum absolute atomic E-state index is 0.144. The highest BCUT2D eigenvalue weighted by Gasteiger charge is 2.20. The van der Waals surface area contributed by atoms with Gasteiger partial charge in [0.25, 0.3) is 5.91 Å². The number of carbonyl (C=O) groups is 2. The second-order valence-electron chi connectivity index (χ2n) is 6.37. The van der Waals surface area contributed by atoms with E-state index in [2.05, 4.69) is 5.32 Å². The molecule has 0 heterocycles. The molecule has 0 saturated heterocycles. The highest BCUT2D eigenvalue weighted by atomic mass is 16.5. The number of carbonyl (C=O) groups excluding carboxylic acids is 2. The van der Waals surface area contributed by atoms with Gasteiger partial charge in [0.1, 0.15) is 11.3 Å². The Hall–Kier alpha value is -3.22. The van der Waals surface area contributed by atoms with Gasteiger partial charge in [0.15, 0.2) is 18.1 Å². The third-order valence-electron chi connectivity index (χ3n) is 4.64. The Morgan fingerprint density at radius 2 is 1.57 bits per heavy atom. The monoisotopic (exact) mass is 385 g/mol.